The van der Waals surface area contributed by atoms with E-state index < -0.39 is 0 Å². The van der Waals surface area contributed by atoms with Crippen LogP contribution >= 0.6 is 0 Å². The van der Waals surface area contributed by atoms with Crippen LogP contribution in [0.25, 0.3) is 22.3 Å². The summed E-state index contributed by atoms with van der Waals surface area (Å²) in [7, 11) is 0. The lowest BCUT2D eigenvalue weighted by atomic mass is 9.33. The molecule has 0 fully saturated rings. The van der Waals surface area contributed by atoms with Crippen LogP contribution in [0, 0.1) is 6.92 Å². The van der Waals surface area contributed by atoms with Crippen molar-refractivity contribution in [3.8, 4) is 22.3 Å². The molecule has 0 bridgehead atoms. The number of nitrogens with zero attached hydrogens (tertiary/aromatic N) is 3. The summed E-state index contributed by atoms with van der Waals surface area (Å²) < 4.78 is 0. The Labute approximate surface area is 447 Å². The molecule has 9 aromatic carbocycles. The normalized spacial score (nSPS) is 15.2. The molecule has 0 N–H and O–H groups in total. The van der Waals surface area contributed by atoms with E-state index in [1.54, 1.807) is 0 Å². The van der Waals surface area contributed by atoms with Gasteiger partial charge in [0.05, 0.1) is 11.4 Å². The fourth-order valence-electron chi connectivity index (χ4n) is 12.5. The van der Waals surface area contributed by atoms with Crippen molar-refractivity contribution < 1.29 is 0 Å². The maximum absolute atomic E-state index is 2.69. The molecule has 2 heterocycles. The summed E-state index contributed by atoms with van der Waals surface area (Å²) in [5.41, 5.74) is 26.1. The van der Waals surface area contributed by atoms with Gasteiger partial charge in [-0.3, -0.25) is 0 Å². The zero-order valence-corrected chi connectivity index (χ0v) is 45.9. The predicted octanol–water partition coefficient (Wildman–Crippen LogP) is 17.8. The Morgan fingerprint density at radius 3 is 1.41 bits per heavy atom. The molecule has 4 heteroatoms. The summed E-state index contributed by atoms with van der Waals surface area (Å²) in [4.78, 5) is 7.77. The van der Waals surface area contributed by atoms with E-state index in [9.17, 15) is 0 Å². The van der Waals surface area contributed by atoms with Gasteiger partial charge in [-0.15, -0.1) is 0 Å². The van der Waals surface area contributed by atoms with Crippen molar-refractivity contribution in [3.63, 3.8) is 0 Å². The summed E-state index contributed by atoms with van der Waals surface area (Å²) in [6.07, 6.45) is 2.28. The number of aryl methyl sites for hydroxylation is 1. The quantitative estimate of drug-likeness (QED) is 0.147. The van der Waals surface area contributed by atoms with E-state index in [0.717, 1.165) is 29.9 Å². The number of rotatable bonds is 7. The van der Waals surface area contributed by atoms with Gasteiger partial charge in [0.2, 0.25) is 0 Å². The van der Waals surface area contributed by atoms with Gasteiger partial charge in [0, 0.05) is 45.4 Å². The summed E-state index contributed by atoms with van der Waals surface area (Å²) in [5, 5.41) is 0. The second-order valence-corrected chi connectivity index (χ2v) is 25.0. The molecule has 0 saturated carbocycles. The minimum Gasteiger partial charge on any atom is -0.311 e. The molecule has 0 unspecified atom stereocenters. The Morgan fingerprint density at radius 1 is 0.400 bits per heavy atom. The average Bonchev–Trinajstić information content (AvgIpc) is 3.41. The highest BCUT2D eigenvalue weighted by Gasteiger charge is 2.47. The van der Waals surface area contributed by atoms with Gasteiger partial charge < -0.3 is 14.7 Å². The van der Waals surface area contributed by atoms with Gasteiger partial charge in [-0.25, -0.2) is 0 Å². The summed E-state index contributed by atoms with van der Waals surface area (Å²) in [5.74, 6) is 0. The van der Waals surface area contributed by atoms with E-state index in [1.807, 2.05) is 0 Å². The molecule has 9 aromatic rings. The van der Waals surface area contributed by atoms with Gasteiger partial charge in [-0.2, -0.15) is 0 Å². The van der Waals surface area contributed by atoms with Crippen molar-refractivity contribution in [1.29, 1.82) is 0 Å². The number of hydrogen-bond donors (Lipinski definition) is 0. The Morgan fingerprint density at radius 2 is 0.867 bits per heavy atom. The van der Waals surface area contributed by atoms with Crippen LogP contribution < -0.4 is 31.1 Å². The highest BCUT2D eigenvalue weighted by Crippen LogP contribution is 2.54. The molecule has 3 nitrogen and oxygen atoms in total. The summed E-state index contributed by atoms with van der Waals surface area (Å²) in [6.45, 7) is 26.2. The second kappa shape index (κ2) is 17.8. The van der Waals surface area contributed by atoms with Crippen molar-refractivity contribution >= 4 is 74.3 Å². The van der Waals surface area contributed by atoms with Crippen LogP contribution in [0.5, 0.6) is 0 Å². The van der Waals surface area contributed by atoms with Gasteiger partial charge in [-0.1, -0.05) is 197 Å². The molecular weight excluding hydrogens is 906 g/mol. The van der Waals surface area contributed by atoms with E-state index >= 15 is 0 Å². The molecule has 0 amide bonds. The van der Waals surface area contributed by atoms with E-state index in [4.69, 9.17) is 0 Å². The smallest absolute Gasteiger partial charge is 0.252 e. The third-order valence-electron chi connectivity index (χ3n) is 16.9. The average molecular weight is 976 g/mol. The molecule has 12 rings (SSSR count). The first kappa shape index (κ1) is 48.4. The fourth-order valence-corrected chi connectivity index (χ4v) is 12.5. The number of benzene rings is 9. The molecular formula is C71H70BN3. The lowest BCUT2D eigenvalue weighted by Crippen LogP contribution is -2.62. The van der Waals surface area contributed by atoms with E-state index in [1.165, 1.54) is 101 Å². The first-order valence-electron chi connectivity index (χ1n) is 27.3. The second-order valence-electron chi connectivity index (χ2n) is 25.0. The molecule has 0 aromatic heterocycles. The molecule has 3 aliphatic rings. The Kier molecular flexibility index (Phi) is 11.5. The maximum atomic E-state index is 2.69. The Balaban J connectivity index is 1.26. The molecule has 75 heavy (non-hydrogen) atoms. The highest BCUT2D eigenvalue weighted by molar-refractivity contribution is 7.00. The third-order valence-corrected chi connectivity index (χ3v) is 16.9. The minimum atomic E-state index is -0.0727. The minimum absolute atomic E-state index is 0.00149. The van der Waals surface area contributed by atoms with E-state index in [2.05, 4.69) is 291 Å². The van der Waals surface area contributed by atoms with Crippen molar-refractivity contribution in [2.45, 2.75) is 111 Å². The van der Waals surface area contributed by atoms with Crippen LogP contribution in [0.4, 0.5) is 51.2 Å². The van der Waals surface area contributed by atoms with Crippen molar-refractivity contribution in [2.75, 3.05) is 14.7 Å². The Hall–Kier alpha value is -7.56. The van der Waals surface area contributed by atoms with Gasteiger partial charge in [0.15, 0.2) is 0 Å². The lowest BCUT2D eigenvalue weighted by Gasteiger charge is -2.48. The third kappa shape index (κ3) is 8.29. The standard InChI is InChI=1S/C71H70BN3/c1-47-40-50(48-24-16-12-17-25-48)32-35-61(47)74-63-37-34-52(69(5,6)7)42-59(63)72-60-45-57-58(71(10,11)39-38-70(57,8)9)46-64(60)75(62-36-33-51(68(2,3)4)41-56(62)49-26-18-13-19-27-49)66-44-55(43-65(74)67(66)72)73(53-28-20-14-21-29-53)54-30-22-15-23-31-54/h12-37,40-46H,38-39H2,1-11H3. The van der Waals surface area contributed by atoms with Crippen LogP contribution in [0.15, 0.2) is 200 Å². The highest BCUT2D eigenvalue weighted by atomic mass is 15.2. The number of fused-ring (bicyclic) bond motifs is 5. The zero-order valence-electron chi connectivity index (χ0n) is 45.9. The molecule has 0 atom stereocenters. The summed E-state index contributed by atoms with van der Waals surface area (Å²) >= 11 is 0. The zero-order chi connectivity index (χ0) is 52.2. The van der Waals surface area contributed by atoms with Crippen LogP contribution in [0.3, 0.4) is 0 Å². The number of hydrogen-bond acceptors (Lipinski definition) is 3. The Bertz CT molecular complexity index is 3600. The molecule has 0 saturated heterocycles. The number of anilines is 9. The van der Waals surface area contributed by atoms with Crippen LogP contribution in [0.1, 0.15) is 110 Å². The van der Waals surface area contributed by atoms with Gasteiger partial charge in [0.25, 0.3) is 6.71 Å². The van der Waals surface area contributed by atoms with Crippen molar-refractivity contribution in [2.24, 2.45) is 0 Å². The van der Waals surface area contributed by atoms with Crippen molar-refractivity contribution in [3.05, 3.63) is 228 Å². The largest absolute Gasteiger partial charge is 0.311 e. The van der Waals surface area contributed by atoms with E-state index in [0.29, 0.717) is 0 Å². The van der Waals surface area contributed by atoms with Crippen LogP contribution in [-0.4, -0.2) is 6.71 Å². The van der Waals surface area contributed by atoms with Gasteiger partial charge in [0.1, 0.15) is 0 Å². The number of para-hydroxylation sites is 2. The molecule has 0 spiro atoms. The first-order valence-corrected chi connectivity index (χ1v) is 27.3. The predicted molar refractivity (Wildman–Crippen MR) is 323 cm³/mol. The first-order chi connectivity index (χ1) is 35.9. The monoisotopic (exact) mass is 976 g/mol. The van der Waals surface area contributed by atoms with Crippen molar-refractivity contribution in [1.82, 2.24) is 0 Å². The topological polar surface area (TPSA) is 9.72 Å². The van der Waals surface area contributed by atoms with Gasteiger partial charge >= 0.3 is 0 Å². The molecule has 1 aliphatic carbocycles. The SMILES string of the molecule is Cc1cc(-c2ccccc2)ccc1N1c2ccc(C(C)(C)C)cc2B2c3cc4c(cc3N(c3ccc(C(C)(C)C)cc3-c3ccccc3)c3cc(N(c5ccccc5)c5ccccc5)cc1c32)C(C)(C)CCC4(C)C. The molecule has 372 valence electrons. The lowest BCUT2D eigenvalue weighted by molar-refractivity contribution is 0.332. The molecule has 0 radical (unpaired) electrons. The molecule has 2 aliphatic heterocycles. The van der Waals surface area contributed by atoms with Gasteiger partial charge in [-0.05, 0) is 175 Å². The summed E-state index contributed by atoms with van der Waals surface area (Å²) in [6, 6.07) is 76.0. The van der Waals surface area contributed by atoms with E-state index in [-0.39, 0.29) is 28.4 Å². The maximum Gasteiger partial charge on any atom is 0.252 e. The van der Waals surface area contributed by atoms with Crippen LogP contribution in [-0.2, 0) is 21.7 Å². The van der Waals surface area contributed by atoms with Crippen LogP contribution in [0.2, 0.25) is 0 Å². The fraction of sp³-hybridized carbons (Fsp3) is 0.239.